The zero-order valence-electron chi connectivity index (χ0n) is 9.80. The smallest absolute Gasteiger partial charge is 0.265 e. The highest BCUT2D eigenvalue weighted by Crippen LogP contribution is 2.23. The second-order valence-corrected chi connectivity index (χ2v) is 4.15. The second kappa shape index (κ2) is 5.59. The standard InChI is InChI=1S/C12H14N2O4/c15-12(7-14(16)17)10-3-1-2-4-11(10)13-8-18-9-5-6-9/h1-4,9,13H,5-8H2. The van der Waals surface area contributed by atoms with Gasteiger partial charge in [0, 0.05) is 16.2 Å². The monoisotopic (exact) mass is 250 g/mol. The maximum absolute atomic E-state index is 11.7. The number of ketones is 1. The maximum atomic E-state index is 11.7. The number of ether oxygens (including phenoxy) is 1. The number of benzene rings is 1. The average molecular weight is 250 g/mol. The van der Waals surface area contributed by atoms with E-state index < -0.39 is 17.3 Å². The van der Waals surface area contributed by atoms with Crippen LogP contribution in [-0.2, 0) is 4.74 Å². The molecule has 1 fully saturated rings. The van der Waals surface area contributed by atoms with E-state index in [0.717, 1.165) is 12.8 Å². The Balaban J connectivity index is 1.99. The number of rotatable bonds is 7. The van der Waals surface area contributed by atoms with Gasteiger partial charge < -0.3 is 10.1 Å². The van der Waals surface area contributed by atoms with Crippen LogP contribution in [0.15, 0.2) is 24.3 Å². The summed E-state index contributed by atoms with van der Waals surface area (Å²) in [5, 5.41) is 13.3. The van der Waals surface area contributed by atoms with Crippen LogP contribution in [0.1, 0.15) is 23.2 Å². The molecule has 1 aromatic rings. The molecule has 0 bridgehead atoms. The SMILES string of the molecule is O=C(C[N+](=O)[O-])c1ccccc1NCOC1CC1. The number of nitrogens with zero attached hydrogens (tertiary/aromatic N) is 1. The zero-order chi connectivity index (χ0) is 13.0. The maximum Gasteiger partial charge on any atom is 0.265 e. The molecule has 1 saturated carbocycles. The van der Waals surface area contributed by atoms with Crippen molar-refractivity contribution in [3.05, 3.63) is 39.9 Å². The van der Waals surface area contributed by atoms with Crippen molar-refractivity contribution in [2.75, 3.05) is 18.6 Å². The predicted octanol–water partition coefficient (Wildman–Crippen LogP) is 1.69. The lowest BCUT2D eigenvalue weighted by Gasteiger charge is -2.10. The summed E-state index contributed by atoms with van der Waals surface area (Å²) >= 11 is 0. The fraction of sp³-hybridized carbons (Fsp3) is 0.417. The Morgan fingerprint density at radius 1 is 1.44 bits per heavy atom. The minimum Gasteiger partial charge on any atom is -0.362 e. The molecule has 0 aliphatic heterocycles. The number of carbonyl (C=O) groups is 1. The van der Waals surface area contributed by atoms with Crippen LogP contribution < -0.4 is 5.32 Å². The number of hydrogen-bond acceptors (Lipinski definition) is 5. The van der Waals surface area contributed by atoms with Crippen LogP contribution in [-0.4, -0.2) is 30.1 Å². The van der Waals surface area contributed by atoms with E-state index in [1.165, 1.54) is 0 Å². The summed E-state index contributed by atoms with van der Waals surface area (Å²) in [7, 11) is 0. The Bertz CT molecular complexity index is 457. The van der Waals surface area contributed by atoms with Crippen molar-refractivity contribution in [1.29, 1.82) is 0 Å². The van der Waals surface area contributed by atoms with Gasteiger partial charge in [-0.3, -0.25) is 14.9 Å². The number of nitro groups is 1. The van der Waals surface area contributed by atoms with E-state index in [-0.39, 0.29) is 0 Å². The zero-order valence-corrected chi connectivity index (χ0v) is 9.80. The number of nitrogens with one attached hydrogen (secondary N) is 1. The highest BCUT2D eigenvalue weighted by atomic mass is 16.6. The summed E-state index contributed by atoms with van der Waals surface area (Å²) in [5.41, 5.74) is 0.901. The van der Waals surface area contributed by atoms with Crippen molar-refractivity contribution >= 4 is 11.5 Å². The largest absolute Gasteiger partial charge is 0.362 e. The third-order valence-corrected chi connectivity index (χ3v) is 2.61. The molecule has 0 radical (unpaired) electrons. The number of para-hydroxylation sites is 1. The summed E-state index contributed by atoms with van der Waals surface area (Å²) in [4.78, 5) is 21.4. The normalized spacial score (nSPS) is 14.2. The van der Waals surface area contributed by atoms with Gasteiger partial charge in [0.2, 0.25) is 5.78 Å². The Labute approximate surface area is 104 Å². The molecule has 6 nitrogen and oxygen atoms in total. The molecule has 1 aromatic carbocycles. The van der Waals surface area contributed by atoms with Gasteiger partial charge in [-0.2, -0.15) is 0 Å². The first-order chi connectivity index (χ1) is 8.66. The molecule has 18 heavy (non-hydrogen) atoms. The Kier molecular flexibility index (Phi) is 3.88. The molecular weight excluding hydrogens is 236 g/mol. The molecular formula is C12H14N2O4. The fourth-order valence-corrected chi connectivity index (χ4v) is 1.55. The molecule has 1 aliphatic carbocycles. The van der Waals surface area contributed by atoms with Gasteiger partial charge >= 0.3 is 0 Å². The van der Waals surface area contributed by atoms with E-state index in [9.17, 15) is 14.9 Å². The first-order valence-electron chi connectivity index (χ1n) is 5.76. The molecule has 0 aromatic heterocycles. The highest BCUT2D eigenvalue weighted by Gasteiger charge is 2.22. The van der Waals surface area contributed by atoms with E-state index >= 15 is 0 Å². The van der Waals surface area contributed by atoms with E-state index in [1.807, 2.05) is 0 Å². The summed E-state index contributed by atoms with van der Waals surface area (Å²) in [5.74, 6) is -0.505. The quantitative estimate of drug-likeness (QED) is 0.344. The van der Waals surface area contributed by atoms with Gasteiger partial charge in [0.15, 0.2) is 0 Å². The topological polar surface area (TPSA) is 81.5 Å². The van der Waals surface area contributed by atoms with Gasteiger partial charge in [0.25, 0.3) is 6.54 Å². The van der Waals surface area contributed by atoms with E-state index in [2.05, 4.69) is 5.32 Å². The Hall–Kier alpha value is -1.95. The molecule has 0 spiro atoms. The third kappa shape index (κ3) is 3.53. The van der Waals surface area contributed by atoms with Crippen LogP contribution in [0, 0.1) is 10.1 Å². The minimum absolute atomic E-state index is 0.313. The number of anilines is 1. The summed E-state index contributed by atoms with van der Waals surface area (Å²) in [6.07, 6.45) is 2.46. The molecule has 96 valence electrons. The molecule has 1 aliphatic rings. The molecule has 0 heterocycles. The summed E-state index contributed by atoms with van der Waals surface area (Å²) in [6.45, 7) is -0.379. The molecule has 1 N–H and O–H groups in total. The predicted molar refractivity (Wildman–Crippen MR) is 65.2 cm³/mol. The molecule has 0 atom stereocenters. The van der Waals surface area contributed by atoms with Crippen LogP contribution >= 0.6 is 0 Å². The molecule has 2 rings (SSSR count). The highest BCUT2D eigenvalue weighted by molar-refractivity contribution is 6.01. The van der Waals surface area contributed by atoms with E-state index in [1.54, 1.807) is 24.3 Å². The van der Waals surface area contributed by atoms with Crippen molar-refractivity contribution in [2.45, 2.75) is 18.9 Å². The summed E-state index contributed by atoms with van der Waals surface area (Å²) < 4.78 is 5.42. The minimum atomic E-state index is -0.692. The second-order valence-electron chi connectivity index (χ2n) is 4.15. The van der Waals surface area contributed by atoms with Crippen molar-refractivity contribution in [3.63, 3.8) is 0 Å². The van der Waals surface area contributed by atoms with Crippen molar-refractivity contribution in [1.82, 2.24) is 0 Å². The van der Waals surface area contributed by atoms with E-state index in [4.69, 9.17) is 4.74 Å². The van der Waals surface area contributed by atoms with Crippen molar-refractivity contribution in [3.8, 4) is 0 Å². The van der Waals surface area contributed by atoms with Gasteiger partial charge in [-0.15, -0.1) is 0 Å². The van der Waals surface area contributed by atoms with Gasteiger partial charge in [-0.1, -0.05) is 12.1 Å². The van der Waals surface area contributed by atoms with Crippen LogP contribution in [0.4, 0.5) is 5.69 Å². The van der Waals surface area contributed by atoms with Crippen LogP contribution in [0.25, 0.3) is 0 Å². The van der Waals surface area contributed by atoms with Gasteiger partial charge in [0.05, 0.1) is 6.10 Å². The fourth-order valence-electron chi connectivity index (χ4n) is 1.55. The average Bonchev–Trinajstić information content (AvgIpc) is 3.13. The summed E-state index contributed by atoms with van der Waals surface area (Å²) in [6, 6.07) is 6.73. The van der Waals surface area contributed by atoms with Crippen molar-refractivity contribution in [2.24, 2.45) is 0 Å². The Morgan fingerprint density at radius 2 is 2.17 bits per heavy atom. The molecule has 6 heteroatoms. The van der Waals surface area contributed by atoms with E-state index in [0.29, 0.717) is 24.1 Å². The molecule has 0 unspecified atom stereocenters. The van der Waals surface area contributed by atoms with Crippen molar-refractivity contribution < 1.29 is 14.5 Å². The lowest BCUT2D eigenvalue weighted by atomic mass is 10.1. The first kappa shape index (κ1) is 12.5. The van der Waals surface area contributed by atoms with Gasteiger partial charge in [-0.05, 0) is 25.0 Å². The molecule has 0 amide bonds. The van der Waals surface area contributed by atoms with Gasteiger partial charge in [0.1, 0.15) is 6.73 Å². The lowest BCUT2D eigenvalue weighted by molar-refractivity contribution is -0.465. The lowest BCUT2D eigenvalue weighted by Crippen LogP contribution is -2.17. The van der Waals surface area contributed by atoms with Crippen LogP contribution in [0.5, 0.6) is 0 Å². The van der Waals surface area contributed by atoms with Crippen LogP contribution in [0.3, 0.4) is 0 Å². The Morgan fingerprint density at radius 3 is 2.83 bits per heavy atom. The first-order valence-corrected chi connectivity index (χ1v) is 5.76. The number of Topliss-reactive ketones (excluding diaryl/α,β-unsaturated/α-hetero) is 1. The number of hydrogen-bond donors (Lipinski definition) is 1. The van der Waals surface area contributed by atoms with Gasteiger partial charge in [-0.25, -0.2) is 0 Å². The van der Waals surface area contributed by atoms with Crippen LogP contribution in [0.2, 0.25) is 0 Å². The number of carbonyl (C=O) groups excluding carboxylic acids is 1. The third-order valence-electron chi connectivity index (χ3n) is 2.61. The molecule has 0 saturated heterocycles.